The fourth-order valence-electron chi connectivity index (χ4n) is 9.56. The van der Waals surface area contributed by atoms with E-state index in [1.807, 2.05) is 0 Å². The summed E-state index contributed by atoms with van der Waals surface area (Å²) in [6.07, 6.45) is 2.64. The van der Waals surface area contributed by atoms with Gasteiger partial charge in [-0.3, -0.25) is 24.6 Å². The maximum Gasteiger partial charge on any atom is 0.416 e. The minimum atomic E-state index is -4.67. The second kappa shape index (κ2) is 19.4. The number of sulfonamides is 1. The highest BCUT2D eigenvalue weighted by Gasteiger charge is 2.37. The van der Waals surface area contributed by atoms with Crippen molar-refractivity contribution in [2.45, 2.75) is 70.1 Å². The number of benzene rings is 3. The topological polar surface area (TPSA) is 192 Å². The van der Waals surface area contributed by atoms with E-state index in [9.17, 15) is 41.3 Å². The molecule has 370 valence electrons. The summed E-state index contributed by atoms with van der Waals surface area (Å²) in [6.45, 7) is 10.6. The number of pyridine rings is 1. The van der Waals surface area contributed by atoms with Gasteiger partial charge in [-0.15, -0.1) is 0 Å². The fourth-order valence-corrected chi connectivity index (χ4v) is 10.5. The maximum atomic E-state index is 14.0. The van der Waals surface area contributed by atoms with E-state index in [1.54, 1.807) is 48.4 Å². The van der Waals surface area contributed by atoms with Crippen LogP contribution in [-0.2, 0) is 25.7 Å². The molecule has 2 aliphatic heterocycles. The number of nitro benzene ring substituents is 1. The minimum Gasteiger partial charge on any atom is -0.455 e. The number of ether oxygens (including phenoxy) is 2. The quantitative estimate of drug-likeness (QED) is 0.0711. The Hall–Kier alpha value is -6.51. The molecule has 2 amide bonds. The molecule has 3 aromatic carbocycles. The van der Waals surface area contributed by atoms with E-state index in [2.05, 4.69) is 43.7 Å². The van der Waals surface area contributed by atoms with Gasteiger partial charge < -0.3 is 29.6 Å². The lowest BCUT2D eigenvalue weighted by molar-refractivity contribution is -0.384. The average Bonchev–Trinajstić information content (AvgIpc) is 4.07. The van der Waals surface area contributed by atoms with Gasteiger partial charge in [0.15, 0.2) is 0 Å². The molecule has 9 rings (SSSR count). The number of allylic oxidation sites excluding steroid dienone is 1. The van der Waals surface area contributed by atoms with Gasteiger partial charge in [0.2, 0.25) is 5.91 Å². The van der Waals surface area contributed by atoms with Crippen molar-refractivity contribution in [1.29, 1.82) is 0 Å². The van der Waals surface area contributed by atoms with Crippen LogP contribution in [0.25, 0.3) is 16.6 Å². The summed E-state index contributed by atoms with van der Waals surface area (Å²) in [6, 6.07) is 15.7. The number of nitrogens with zero attached hydrogens (tertiary/aromatic N) is 5. The van der Waals surface area contributed by atoms with E-state index in [1.165, 1.54) is 36.0 Å². The van der Waals surface area contributed by atoms with Crippen LogP contribution >= 0.6 is 0 Å². The molecule has 0 spiro atoms. The number of carbonyl (C=O) groups is 2. The number of aromatic nitrogens is 2. The van der Waals surface area contributed by atoms with Gasteiger partial charge in [-0.1, -0.05) is 25.5 Å². The van der Waals surface area contributed by atoms with Crippen LogP contribution in [0.5, 0.6) is 11.5 Å². The Morgan fingerprint density at radius 2 is 1.80 bits per heavy atom. The molecular formula is C50H55F3N8O8S. The molecule has 3 N–H and O–H groups in total. The zero-order valence-electron chi connectivity index (χ0n) is 39.1. The molecule has 4 heterocycles. The van der Waals surface area contributed by atoms with Gasteiger partial charge in [-0.2, -0.15) is 13.2 Å². The number of fused-ring (bicyclic) bond motifs is 1. The predicted octanol–water partition coefficient (Wildman–Crippen LogP) is 8.54. The number of rotatable bonds is 14. The summed E-state index contributed by atoms with van der Waals surface area (Å²) in [5.74, 6) is -0.574. The third-order valence-corrected chi connectivity index (χ3v) is 15.0. The first-order valence-corrected chi connectivity index (χ1v) is 24.9. The van der Waals surface area contributed by atoms with Gasteiger partial charge in [-0.25, -0.2) is 18.1 Å². The van der Waals surface area contributed by atoms with Crippen molar-refractivity contribution in [2.75, 3.05) is 69.2 Å². The summed E-state index contributed by atoms with van der Waals surface area (Å²) in [5, 5.41) is 16.0. The molecule has 3 fully saturated rings. The monoisotopic (exact) mass is 984 g/mol. The molecule has 4 aliphatic rings. The highest BCUT2D eigenvalue weighted by atomic mass is 32.2. The van der Waals surface area contributed by atoms with Crippen molar-refractivity contribution >= 4 is 55.5 Å². The number of piperazine rings is 1. The lowest BCUT2D eigenvalue weighted by Crippen LogP contribution is -2.48. The predicted molar refractivity (Wildman–Crippen MR) is 257 cm³/mol. The van der Waals surface area contributed by atoms with E-state index in [4.69, 9.17) is 9.47 Å². The number of alkyl halides is 3. The molecule has 1 atom stereocenters. The maximum absolute atomic E-state index is 14.0. The standard InChI is InChI=1S/C50H55F3N8O8S/c1-31-22-35(50(51,52)53)6-9-40(31)42-26-49(2,3)14-12-34(42)29-58-16-18-59(19-17-58)36-7-10-41(45(24-36)69-37-23-33-13-15-54-46(33)56-27-37)47(62)57-70(66,67)39-8-11-43(44(25-39)61(64)65)55-28-38-30-60(20-21-68-38)48(63)32-4-5-32/h6-11,13,15,22-25,27,32,38,55H,4-5,12,14,16-21,26,28-30H2,1-3H3,(H,54,56)(H,57,62). The number of hydrogen-bond acceptors (Lipinski definition) is 12. The first-order chi connectivity index (χ1) is 33.3. The number of amides is 2. The van der Waals surface area contributed by atoms with Crippen molar-refractivity contribution in [2.24, 2.45) is 11.3 Å². The van der Waals surface area contributed by atoms with Crippen LogP contribution in [0.3, 0.4) is 0 Å². The van der Waals surface area contributed by atoms with Crippen LogP contribution < -0.4 is 19.7 Å². The number of nitrogens with one attached hydrogen (secondary N) is 3. The normalized spacial score (nSPS) is 19.0. The summed E-state index contributed by atoms with van der Waals surface area (Å²) in [5.41, 5.74) is 3.85. The fraction of sp³-hybridized carbons (Fsp3) is 0.420. The largest absolute Gasteiger partial charge is 0.455 e. The number of H-pyrrole nitrogens is 1. The summed E-state index contributed by atoms with van der Waals surface area (Å²) < 4.78 is 82.5. The Bertz CT molecular complexity index is 2980. The van der Waals surface area contributed by atoms with E-state index in [0.717, 1.165) is 60.8 Å². The van der Waals surface area contributed by atoms with Gasteiger partial charge in [0, 0.05) is 87.7 Å². The molecule has 0 radical (unpaired) electrons. The highest BCUT2D eigenvalue weighted by Crippen LogP contribution is 2.45. The molecule has 2 aromatic heterocycles. The number of halogens is 3. The number of aryl methyl sites for hydroxylation is 1. The molecular weight excluding hydrogens is 930 g/mol. The van der Waals surface area contributed by atoms with Crippen molar-refractivity contribution < 1.29 is 45.6 Å². The Labute approximate surface area is 403 Å². The third kappa shape index (κ3) is 10.9. The Balaban J connectivity index is 0.910. The SMILES string of the molecule is Cc1cc(C(F)(F)F)ccc1C1=C(CN2CCN(c3ccc(C(=O)NS(=O)(=O)c4ccc(NCC5CN(C(=O)C6CC6)CCO5)c([N+](=O)[O-])c4)c(Oc4cnc5[nH]ccc5c4)c3)CC2)CCC(C)(C)C1. The van der Waals surface area contributed by atoms with Crippen LogP contribution in [0.15, 0.2) is 89.6 Å². The molecule has 2 saturated heterocycles. The Morgan fingerprint density at radius 1 is 1.01 bits per heavy atom. The summed E-state index contributed by atoms with van der Waals surface area (Å²) in [4.78, 5) is 51.3. The first kappa shape index (κ1) is 48.5. The summed E-state index contributed by atoms with van der Waals surface area (Å²) >= 11 is 0. The highest BCUT2D eigenvalue weighted by molar-refractivity contribution is 7.90. The number of aromatic amines is 1. The van der Waals surface area contributed by atoms with Gasteiger partial charge >= 0.3 is 6.18 Å². The molecule has 16 nitrogen and oxygen atoms in total. The number of nitro groups is 1. The molecule has 1 saturated carbocycles. The second-order valence-corrected chi connectivity index (χ2v) is 21.1. The van der Waals surface area contributed by atoms with Crippen molar-refractivity contribution in [3.63, 3.8) is 0 Å². The van der Waals surface area contributed by atoms with Crippen molar-refractivity contribution in [1.82, 2.24) is 24.5 Å². The van der Waals surface area contributed by atoms with Crippen LogP contribution in [0.4, 0.5) is 30.2 Å². The summed E-state index contributed by atoms with van der Waals surface area (Å²) in [7, 11) is -4.67. The van der Waals surface area contributed by atoms with Crippen LogP contribution in [0.2, 0.25) is 0 Å². The number of hydrogen-bond donors (Lipinski definition) is 3. The van der Waals surface area contributed by atoms with E-state index >= 15 is 0 Å². The number of morpholine rings is 1. The first-order valence-electron chi connectivity index (χ1n) is 23.4. The van der Waals surface area contributed by atoms with E-state index < -0.39 is 49.3 Å². The molecule has 70 heavy (non-hydrogen) atoms. The molecule has 5 aromatic rings. The van der Waals surface area contributed by atoms with Crippen LogP contribution in [0.1, 0.15) is 73.0 Å². The smallest absolute Gasteiger partial charge is 0.416 e. The number of anilines is 2. The Kier molecular flexibility index (Phi) is 13.4. The number of carbonyl (C=O) groups excluding carboxylic acids is 2. The van der Waals surface area contributed by atoms with E-state index in [0.29, 0.717) is 69.3 Å². The van der Waals surface area contributed by atoms with Crippen LogP contribution in [0, 0.1) is 28.4 Å². The van der Waals surface area contributed by atoms with Gasteiger partial charge in [0.1, 0.15) is 22.8 Å². The third-order valence-electron chi connectivity index (χ3n) is 13.6. The van der Waals surface area contributed by atoms with Crippen LogP contribution in [-0.4, -0.2) is 110 Å². The van der Waals surface area contributed by atoms with Gasteiger partial charge in [0.25, 0.3) is 21.6 Å². The van der Waals surface area contributed by atoms with Gasteiger partial charge in [0.05, 0.1) is 39.9 Å². The van der Waals surface area contributed by atoms with Crippen molar-refractivity contribution in [3.8, 4) is 11.5 Å². The average molecular weight is 985 g/mol. The second-order valence-electron chi connectivity index (χ2n) is 19.4. The molecule has 1 unspecified atom stereocenters. The Morgan fingerprint density at radius 3 is 2.53 bits per heavy atom. The molecule has 0 bridgehead atoms. The zero-order chi connectivity index (χ0) is 49.5. The lowest BCUT2D eigenvalue weighted by Gasteiger charge is -2.39. The van der Waals surface area contributed by atoms with Gasteiger partial charge in [-0.05, 0) is 110 Å². The zero-order valence-corrected chi connectivity index (χ0v) is 39.9. The van der Waals surface area contributed by atoms with Crippen molar-refractivity contribution in [3.05, 3.63) is 117 Å². The minimum absolute atomic E-state index is 0.00105. The lowest BCUT2D eigenvalue weighted by atomic mass is 9.72. The molecule has 20 heteroatoms. The molecule has 2 aliphatic carbocycles. The van der Waals surface area contributed by atoms with E-state index in [-0.39, 0.29) is 46.5 Å².